The summed E-state index contributed by atoms with van der Waals surface area (Å²) in [5.74, 6) is 1.07. The molecule has 138 valence electrons. The fourth-order valence-electron chi connectivity index (χ4n) is 2.71. The predicted molar refractivity (Wildman–Crippen MR) is 104 cm³/mol. The Bertz CT molecular complexity index is 742. The second-order valence-corrected chi connectivity index (χ2v) is 6.15. The summed E-state index contributed by atoms with van der Waals surface area (Å²) in [5.41, 5.74) is 1.85. The Balaban J connectivity index is 2.14. The number of hydrogen-bond donors (Lipinski definition) is 1. The van der Waals surface area contributed by atoms with Crippen molar-refractivity contribution in [3.05, 3.63) is 65.7 Å². The van der Waals surface area contributed by atoms with E-state index in [1.54, 1.807) is 20.3 Å². The zero-order valence-corrected chi connectivity index (χ0v) is 15.7. The number of benzene rings is 2. The molecule has 26 heavy (non-hydrogen) atoms. The molecule has 0 radical (unpaired) electrons. The Morgan fingerprint density at radius 1 is 1.08 bits per heavy atom. The summed E-state index contributed by atoms with van der Waals surface area (Å²) in [6.45, 7) is 0.714. The van der Waals surface area contributed by atoms with Gasteiger partial charge in [-0.3, -0.25) is 4.79 Å². The van der Waals surface area contributed by atoms with Crippen LogP contribution in [0.2, 0.25) is 0 Å². The van der Waals surface area contributed by atoms with Crippen LogP contribution in [0, 0.1) is 0 Å². The highest BCUT2D eigenvalue weighted by Gasteiger charge is 2.14. The molecule has 0 aliphatic heterocycles. The molecule has 1 amide bonds. The molecular weight excluding hydrogens is 328 g/mol. The zero-order valence-electron chi connectivity index (χ0n) is 15.7. The van der Waals surface area contributed by atoms with Gasteiger partial charge in [0.25, 0.3) is 0 Å². The van der Waals surface area contributed by atoms with Crippen molar-refractivity contribution in [3.63, 3.8) is 0 Å². The summed E-state index contributed by atoms with van der Waals surface area (Å²) < 4.78 is 10.7. The molecule has 2 aromatic carbocycles. The van der Waals surface area contributed by atoms with E-state index in [0.29, 0.717) is 18.0 Å². The van der Waals surface area contributed by atoms with Gasteiger partial charge in [-0.1, -0.05) is 42.5 Å². The van der Waals surface area contributed by atoms with Crippen LogP contribution in [-0.4, -0.2) is 45.7 Å². The van der Waals surface area contributed by atoms with E-state index in [-0.39, 0.29) is 11.9 Å². The summed E-state index contributed by atoms with van der Waals surface area (Å²) in [6, 6.07) is 15.4. The fourth-order valence-corrected chi connectivity index (χ4v) is 2.71. The molecule has 0 heterocycles. The van der Waals surface area contributed by atoms with E-state index in [1.165, 1.54) is 6.08 Å². The lowest BCUT2D eigenvalue weighted by atomic mass is 10.1. The van der Waals surface area contributed by atoms with E-state index in [2.05, 4.69) is 5.32 Å². The van der Waals surface area contributed by atoms with Gasteiger partial charge in [-0.05, 0) is 31.8 Å². The molecule has 0 saturated heterocycles. The highest BCUT2D eigenvalue weighted by molar-refractivity contribution is 5.92. The number of rotatable bonds is 8. The Labute approximate surface area is 155 Å². The van der Waals surface area contributed by atoms with Crippen LogP contribution < -0.4 is 14.8 Å². The fraction of sp³-hybridized carbons (Fsp3) is 0.286. The van der Waals surface area contributed by atoms with Gasteiger partial charge in [-0.15, -0.1) is 0 Å². The number of carbonyl (C=O) groups is 1. The standard InChI is InChI=1S/C21H26N2O3/c1-23(2)15-18(16-9-6-5-7-10-16)22-20(24)14-13-17-11-8-12-19(25-3)21(17)26-4/h5-14,18H,15H2,1-4H3,(H,22,24)/b14-13+/t18-/m1/s1. The Morgan fingerprint density at radius 2 is 1.81 bits per heavy atom. The molecule has 2 aromatic rings. The molecule has 1 N–H and O–H groups in total. The number of ether oxygens (including phenoxy) is 2. The number of nitrogens with zero attached hydrogens (tertiary/aromatic N) is 1. The van der Waals surface area contributed by atoms with Gasteiger partial charge in [0.2, 0.25) is 5.91 Å². The molecule has 0 unspecified atom stereocenters. The monoisotopic (exact) mass is 354 g/mol. The van der Waals surface area contributed by atoms with E-state index < -0.39 is 0 Å². The van der Waals surface area contributed by atoms with Gasteiger partial charge in [0.1, 0.15) is 0 Å². The van der Waals surface area contributed by atoms with Crippen LogP contribution in [0.5, 0.6) is 11.5 Å². The first-order valence-corrected chi connectivity index (χ1v) is 8.44. The van der Waals surface area contributed by atoms with Crippen LogP contribution in [0.3, 0.4) is 0 Å². The van der Waals surface area contributed by atoms with Crippen molar-refractivity contribution in [2.75, 3.05) is 34.9 Å². The van der Waals surface area contributed by atoms with Crippen molar-refractivity contribution in [2.45, 2.75) is 6.04 Å². The van der Waals surface area contributed by atoms with E-state index >= 15 is 0 Å². The largest absolute Gasteiger partial charge is 0.493 e. The van der Waals surface area contributed by atoms with Crippen molar-refractivity contribution in [2.24, 2.45) is 0 Å². The van der Waals surface area contributed by atoms with Gasteiger partial charge in [0, 0.05) is 18.2 Å². The summed E-state index contributed by atoms with van der Waals surface area (Å²) in [6.07, 6.45) is 3.25. The molecule has 5 heteroatoms. The van der Waals surface area contributed by atoms with E-state index in [4.69, 9.17) is 9.47 Å². The summed E-state index contributed by atoms with van der Waals surface area (Å²) in [5, 5.41) is 3.06. The normalized spacial score (nSPS) is 12.2. The maximum atomic E-state index is 12.4. The van der Waals surface area contributed by atoms with Crippen molar-refractivity contribution in [1.82, 2.24) is 10.2 Å². The Hall–Kier alpha value is -2.79. The van der Waals surface area contributed by atoms with E-state index in [9.17, 15) is 4.79 Å². The van der Waals surface area contributed by atoms with Gasteiger partial charge in [0.15, 0.2) is 11.5 Å². The summed E-state index contributed by atoms with van der Waals surface area (Å²) in [7, 11) is 7.14. The number of methoxy groups -OCH3 is 2. The van der Waals surface area contributed by atoms with Gasteiger partial charge in [-0.2, -0.15) is 0 Å². The van der Waals surface area contributed by atoms with Crippen LogP contribution in [0.1, 0.15) is 17.2 Å². The zero-order chi connectivity index (χ0) is 18.9. The lowest BCUT2D eigenvalue weighted by Crippen LogP contribution is -2.34. The van der Waals surface area contributed by atoms with Gasteiger partial charge < -0.3 is 19.7 Å². The average Bonchev–Trinajstić information content (AvgIpc) is 2.65. The summed E-state index contributed by atoms with van der Waals surface area (Å²) in [4.78, 5) is 14.5. The molecule has 2 rings (SSSR count). The lowest BCUT2D eigenvalue weighted by molar-refractivity contribution is -0.117. The molecule has 5 nitrogen and oxygen atoms in total. The molecule has 0 saturated carbocycles. The molecule has 0 spiro atoms. The van der Waals surface area contributed by atoms with Crippen molar-refractivity contribution in [1.29, 1.82) is 0 Å². The second-order valence-electron chi connectivity index (χ2n) is 6.15. The number of nitrogens with one attached hydrogen (secondary N) is 1. The topological polar surface area (TPSA) is 50.8 Å². The molecule has 1 atom stereocenters. The minimum absolute atomic E-state index is 0.0874. The van der Waals surface area contributed by atoms with Crippen molar-refractivity contribution < 1.29 is 14.3 Å². The maximum Gasteiger partial charge on any atom is 0.244 e. The highest BCUT2D eigenvalue weighted by Crippen LogP contribution is 2.31. The van der Waals surface area contributed by atoms with Crippen LogP contribution in [0.4, 0.5) is 0 Å². The molecule has 0 aliphatic carbocycles. The van der Waals surface area contributed by atoms with Crippen molar-refractivity contribution in [3.8, 4) is 11.5 Å². The minimum atomic E-state index is -0.162. The van der Waals surface area contributed by atoms with Crippen LogP contribution in [0.15, 0.2) is 54.6 Å². The third-order valence-electron chi connectivity index (χ3n) is 3.91. The maximum absolute atomic E-state index is 12.4. The van der Waals surface area contributed by atoms with Crippen molar-refractivity contribution >= 4 is 12.0 Å². The quantitative estimate of drug-likeness (QED) is 0.740. The third-order valence-corrected chi connectivity index (χ3v) is 3.91. The average molecular weight is 354 g/mol. The second kappa shape index (κ2) is 9.63. The number of hydrogen-bond acceptors (Lipinski definition) is 4. The number of carbonyl (C=O) groups excluding carboxylic acids is 1. The first-order chi connectivity index (χ1) is 12.5. The van der Waals surface area contributed by atoms with Gasteiger partial charge in [0.05, 0.1) is 20.3 Å². The van der Waals surface area contributed by atoms with E-state index in [0.717, 1.165) is 11.1 Å². The number of likely N-dealkylation sites (N-methyl/N-ethyl adjacent to an activating group) is 1. The summed E-state index contributed by atoms with van der Waals surface area (Å²) >= 11 is 0. The highest BCUT2D eigenvalue weighted by atomic mass is 16.5. The predicted octanol–water partition coefficient (Wildman–Crippen LogP) is 3.14. The number of para-hydroxylation sites is 1. The van der Waals surface area contributed by atoms with Crippen LogP contribution in [0.25, 0.3) is 6.08 Å². The smallest absolute Gasteiger partial charge is 0.244 e. The third kappa shape index (κ3) is 5.36. The first-order valence-electron chi connectivity index (χ1n) is 8.44. The van der Waals surface area contributed by atoms with Gasteiger partial charge >= 0.3 is 0 Å². The van der Waals surface area contributed by atoms with E-state index in [1.807, 2.05) is 67.5 Å². The van der Waals surface area contributed by atoms with Gasteiger partial charge in [-0.25, -0.2) is 0 Å². The Kier molecular flexibility index (Phi) is 7.24. The molecular formula is C21H26N2O3. The first kappa shape index (κ1) is 19.5. The molecule has 0 fully saturated rings. The number of amides is 1. The van der Waals surface area contributed by atoms with Crippen LogP contribution >= 0.6 is 0 Å². The SMILES string of the molecule is COc1cccc(/C=C/C(=O)N[C@H](CN(C)C)c2ccccc2)c1OC. The lowest BCUT2D eigenvalue weighted by Gasteiger charge is -2.22. The Morgan fingerprint density at radius 3 is 2.42 bits per heavy atom. The van der Waals surface area contributed by atoms with Crippen LogP contribution in [-0.2, 0) is 4.79 Å². The molecule has 0 bridgehead atoms. The minimum Gasteiger partial charge on any atom is -0.493 e. The molecule has 0 aliphatic rings. The molecule has 0 aromatic heterocycles.